The summed E-state index contributed by atoms with van der Waals surface area (Å²) in [4.78, 5) is 0. The molecular weight excluding hydrogens is 372 g/mol. The fourth-order valence-corrected chi connectivity index (χ4v) is 2.66. The molecule has 1 aromatic heterocycles. The molecular formula is C18H17ClN4O2S. The minimum atomic E-state index is 0.378. The summed E-state index contributed by atoms with van der Waals surface area (Å²) in [7, 11) is 1.60. The van der Waals surface area contributed by atoms with Crippen molar-refractivity contribution in [2.75, 3.05) is 7.11 Å². The first kappa shape index (κ1) is 18.2. The third-order valence-corrected chi connectivity index (χ3v) is 4.17. The highest BCUT2D eigenvalue weighted by Crippen LogP contribution is 2.31. The fraction of sp³-hybridized carbons (Fsp3) is 0.167. The zero-order valence-electron chi connectivity index (χ0n) is 14.3. The van der Waals surface area contributed by atoms with Crippen LogP contribution in [0.4, 0.5) is 0 Å². The zero-order valence-corrected chi connectivity index (χ0v) is 15.8. The molecule has 8 heteroatoms. The number of rotatable bonds is 6. The van der Waals surface area contributed by atoms with Crippen LogP contribution in [0.15, 0.2) is 47.6 Å². The van der Waals surface area contributed by atoms with Gasteiger partial charge in [0.1, 0.15) is 12.4 Å². The van der Waals surface area contributed by atoms with E-state index in [1.165, 1.54) is 4.68 Å². The highest BCUT2D eigenvalue weighted by atomic mass is 35.5. The summed E-state index contributed by atoms with van der Waals surface area (Å²) in [6.07, 6.45) is 1.66. The maximum absolute atomic E-state index is 6.00. The van der Waals surface area contributed by atoms with Gasteiger partial charge >= 0.3 is 0 Å². The van der Waals surface area contributed by atoms with Crippen LogP contribution in [0.2, 0.25) is 5.02 Å². The predicted octanol–water partition coefficient (Wildman–Crippen LogP) is 4.37. The molecule has 0 amide bonds. The van der Waals surface area contributed by atoms with Gasteiger partial charge in [-0.3, -0.25) is 5.10 Å². The number of para-hydroxylation sites is 1. The van der Waals surface area contributed by atoms with Crippen molar-refractivity contribution in [3.8, 4) is 11.5 Å². The van der Waals surface area contributed by atoms with E-state index < -0.39 is 0 Å². The Balaban J connectivity index is 1.88. The van der Waals surface area contributed by atoms with Crippen LogP contribution in [0.25, 0.3) is 0 Å². The Morgan fingerprint density at radius 3 is 2.69 bits per heavy atom. The molecule has 0 atom stereocenters. The van der Waals surface area contributed by atoms with Crippen LogP contribution in [0.3, 0.4) is 0 Å². The number of halogens is 1. The molecule has 3 aromatic rings. The first-order valence-electron chi connectivity index (χ1n) is 7.81. The minimum absolute atomic E-state index is 0.378. The lowest BCUT2D eigenvalue weighted by molar-refractivity contribution is 0.284. The van der Waals surface area contributed by atoms with Gasteiger partial charge in [-0.2, -0.15) is 14.9 Å². The summed E-state index contributed by atoms with van der Waals surface area (Å²) >= 11 is 11.1. The Bertz CT molecular complexity index is 980. The van der Waals surface area contributed by atoms with Crippen molar-refractivity contribution in [3.63, 3.8) is 0 Å². The first-order valence-corrected chi connectivity index (χ1v) is 8.59. The van der Waals surface area contributed by atoms with Crippen molar-refractivity contribution in [2.45, 2.75) is 13.5 Å². The molecule has 6 nitrogen and oxygen atoms in total. The topological polar surface area (TPSA) is 64.4 Å². The summed E-state index contributed by atoms with van der Waals surface area (Å²) in [6, 6.07) is 13.1. The lowest BCUT2D eigenvalue weighted by Gasteiger charge is -2.13. The van der Waals surface area contributed by atoms with Gasteiger partial charge in [-0.1, -0.05) is 29.8 Å². The molecule has 0 aliphatic carbocycles. The van der Waals surface area contributed by atoms with Crippen molar-refractivity contribution in [2.24, 2.45) is 5.10 Å². The van der Waals surface area contributed by atoms with E-state index in [-0.39, 0.29) is 0 Å². The molecule has 134 valence electrons. The number of ether oxygens (including phenoxy) is 2. The maximum Gasteiger partial charge on any atom is 0.216 e. The highest BCUT2D eigenvalue weighted by molar-refractivity contribution is 7.71. The van der Waals surface area contributed by atoms with E-state index in [0.29, 0.717) is 33.7 Å². The van der Waals surface area contributed by atoms with Gasteiger partial charge in [-0.25, -0.2) is 0 Å². The molecule has 0 fully saturated rings. The van der Waals surface area contributed by atoms with Gasteiger partial charge < -0.3 is 9.47 Å². The molecule has 0 radical (unpaired) electrons. The van der Waals surface area contributed by atoms with Gasteiger partial charge in [0, 0.05) is 10.6 Å². The normalized spacial score (nSPS) is 11.0. The van der Waals surface area contributed by atoms with Crippen LogP contribution in [-0.2, 0) is 6.61 Å². The van der Waals surface area contributed by atoms with Crippen LogP contribution >= 0.6 is 23.8 Å². The average molecular weight is 389 g/mol. The standard InChI is InChI=1S/C18H17ClN4O2S/c1-12-21-22-18(26)23(12)20-10-14-4-3-5-16(24-2)17(14)25-11-13-6-8-15(19)9-7-13/h3-10H,11H2,1-2H3,(H,22,26)/b20-10+. The molecule has 0 saturated heterocycles. The van der Waals surface area contributed by atoms with E-state index in [0.717, 1.165) is 11.1 Å². The van der Waals surface area contributed by atoms with Crippen LogP contribution < -0.4 is 9.47 Å². The van der Waals surface area contributed by atoms with Crippen molar-refractivity contribution in [1.29, 1.82) is 0 Å². The second-order valence-electron chi connectivity index (χ2n) is 5.43. The number of hydrogen-bond donors (Lipinski definition) is 1. The van der Waals surface area contributed by atoms with Gasteiger partial charge in [0.2, 0.25) is 4.77 Å². The highest BCUT2D eigenvalue weighted by Gasteiger charge is 2.10. The summed E-state index contributed by atoms with van der Waals surface area (Å²) in [5.74, 6) is 1.88. The number of nitrogens with one attached hydrogen (secondary N) is 1. The van der Waals surface area contributed by atoms with Crippen LogP contribution in [-0.4, -0.2) is 28.2 Å². The van der Waals surface area contributed by atoms with Crippen molar-refractivity contribution >= 4 is 30.0 Å². The van der Waals surface area contributed by atoms with E-state index >= 15 is 0 Å². The minimum Gasteiger partial charge on any atom is -0.493 e. The van der Waals surface area contributed by atoms with Crippen molar-refractivity contribution in [3.05, 3.63) is 69.2 Å². The first-order chi connectivity index (χ1) is 12.6. The number of aromatic amines is 1. The maximum atomic E-state index is 6.00. The molecule has 1 N–H and O–H groups in total. The Kier molecular flexibility index (Phi) is 5.70. The zero-order chi connectivity index (χ0) is 18.5. The van der Waals surface area contributed by atoms with E-state index in [2.05, 4.69) is 15.3 Å². The molecule has 0 saturated carbocycles. The van der Waals surface area contributed by atoms with E-state index in [4.69, 9.17) is 33.3 Å². The average Bonchev–Trinajstić information content (AvgIpc) is 2.97. The molecule has 0 unspecified atom stereocenters. The Morgan fingerprint density at radius 2 is 2.04 bits per heavy atom. The van der Waals surface area contributed by atoms with E-state index in [1.807, 2.05) is 49.4 Å². The van der Waals surface area contributed by atoms with Gasteiger partial charge in [0.15, 0.2) is 11.5 Å². The van der Waals surface area contributed by atoms with Gasteiger partial charge in [-0.05, 0) is 49.0 Å². The van der Waals surface area contributed by atoms with Crippen LogP contribution in [0, 0.1) is 11.7 Å². The molecule has 2 aromatic carbocycles. The molecule has 1 heterocycles. The molecule has 0 aliphatic rings. The largest absolute Gasteiger partial charge is 0.493 e. The quantitative estimate of drug-likeness (QED) is 0.503. The Hall–Kier alpha value is -2.64. The monoisotopic (exact) mass is 388 g/mol. The molecule has 0 spiro atoms. The van der Waals surface area contributed by atoms with Gasteiger partial charge in [-0.15, -0.1) is 0 Å². The number of nitrogens with zero attached hydrogens (tertiary/aromatic N) is 3. The number of aromatic nitrogens is 3. The lowest BCUT2D eigenvalue weighted by atomic mass is 10.2. The molecule has 26 heavy (non-hydrogen) atoms. The number of methoxy groups -OCH3 is 1. The number of benzene rings is 2. The summed E-state index contributed by atoms with van der Waals surface area (Å²) < 4.78 is 13.4. The Labute approximate surface area is 161 Å². The second kappa shape index (κ2) is 8.16. The third-order valence-electron chi connectivity index (χ3n) is 3.65. The Morgan fingerprint density at radius 1 is 1.27 bits per heavy atom. The fourth-order valence-electron chi connectivity index (χ4n) is 2.31. The lowest BCUT2D eigenvalue weighted by Crippen LogP contribution is -2.02. The molecule has 3 rings (SSSR count). The SMILES string of the molecule is COc1cccc(/C=N/n2c(C)n[nH]c2=S)c1OCc1ccc(Cl)cc1. The number of aryl methyl sites for hydroxylation is 1. The van der Waals surface area contributed by atoms with Crippen LogP contribution in [0.5, 0.6) is 11.5 Å². The second-order valence-corrected chi connectivity index (χ2v) is 6.25. The summed E-state index contributed by atoms with van der Waals surface area (Å²) in [5.41, 5.74) is 1.76. The van der Waals surface area contributed by atoms with Crippen molar-refractivity contribution < 1.29 is 9.47 Å². The molecule has 0 aliphatic heterocycles. The van der Waals surface area contributed by atoms with E-state index in [9.17, 15) is 0 Å². The summed E-state index contributed by atoms with van der Waals surface area (Å²) in [5, 5.41) is 11.8. The number of H-pyrrole nitrogens is 1. The number of hydrogen-bond acceptors (Lipinski definition) is 5. The summed E-state index contributed by atoms with van der Waals surface area (Å²) in [6.45, 7) is 2.19. The predicted molar refractivity (Wildman–Crippen MR) is 104 cm³/mol. The smallest absolute Gasteiger partial charge is 0.216 e. The van der Waals surface area contributed by atoms with Crippen molar-refractivity contribution in [1.82, 2.24) is 14.9 Å². The van der Waals surface area contributed by atoms with Crippen LogP contribution in [0.1, 0.15) is 17.0 Å². The third kappa shape index (κ3) is 4.12. The van der Waals surface area contributed by atoms with Gasteiger partial charge in [0.25, 0.3) is 0 Å². The molecule has 0 bridgehead atoms. The van der Waals surface area contributed by atoms with Gasteiger partial charge in [0.05, 0.1) is 13.3 Å². The van der Waals surface area contributed by atoms with E-state index in [1.54, 1.807) is 13.3 Å².